The van der Waals surface area contributed by atoms with E-state index >= 15 is 0 Å². The van der Waals surface area contributed by atoms with Gasteiger partial charge in [-0.1, -0.05) is 6.07 Å². The Labute approximate surface area is 189 Å². The lowest BCUT2D eigenvalue weighted by atomic mass is 9.69. The normalized spacial score (nSPS) is 26.8. The summed E-state index contributed by atoms with van der Waals surface area (Å²) in [7, 11) is 2.05. The summed E-state index contributed by atoms with van der Waals surface area (Å²) in [5, 5.41) is 2.38. The van der Waals surface area contributed by atoms with Crippen molar-refractivity contribution in [1.82, 2.24) is 10.2 Å². The molecule has 1 spiro atoms. The van der Waals surface area contributed by atoms with Crippen molar-refractivity contribution in [1.29, 1.82) is 0 Å². The number of ether oxygens (including phenoxy) is 4. The summed E-state index contributed by atoms with van der Waals surface area (Å²) in [5.74, 6) is 1.09. The molecule has 5 aliphatic rings. The van der Waals surface area contributed by atoms with Crippen LogP contribution in [0.4, 0.5) is 0 Å². The second kappa shape index (κ2) is 6.20. The summed E-state index contributed by atoms with van der Waals surface area (Å²) >= 11 is 0. The van der Waals surface area contributed by atoms with Crippen LogP contribution in [-0.2, 0) is 28.0 Å². The fraction of sp³-hybridized carbons (Fsp3) is 0.333. The molecule has 0 radical (unpaired) electrons. The molecule has 33 heavy (non-hydrogen) atoms. The van der Waals surface area contributed by atoms with Gasteiger partial charge in [-0.05, 0) is 54.8 Å². The van der Waals surface area contributed by atoms with Gasteiger partial charge in [0.2, 0.25) is 13.6 Å². The van der Waals surface area contributed by atoms with Crippen LogP contribution in [0, 0.1) is 0 Å². The van der Waals surface area contributed by atoms with Crippen molar-refractivity contribution >= 4 is 11.8 Å². The first-order chi connectivity index (χ1) is 16.0. The van der Waals surface area contributed by atoms with Crippen LogP contribution in [0.2, 0.25) is 0 Å². The van der Waals surface area contributed by atoms with Gasteiger partial charge in [0.15, 0.2) is 23.0 Å². The molecule has 0 saturated carbocycles. The average molecular weight is 447 g/mol. The lowest BCUT2D eigenvalue weighted by molar-refractivity contribution is -0.124. The second-order valence-corrected chi connectivity index (χ2v) is 9.05. The Morgan fingerprint density at radius 3 is 2.55 bits per heavy atom. The maximum Gasteiger partial charge on any atom is 0.274 e. The van der Waals surface area contributed by atoms with Gasteiger partial charge in [-0.2, -0.15) is 0 Å². The van der Waals surface area contributed by atoms with E-state index in [1.165, 1.54) is 0 Å². The number of amides is 2. The molecule has 0 fully saturated rings. The monoisotopic (exact) mass is 447 g/mol. The first kappa shape index (κ1) is 18.8. The summed E-state index contributed by atoms with van der Waals surface area (Å²) in [6, 6.07) is 7.98. The first-order valence-electron chi connectivity index (χ1n) is 10.9. The number of hydrogen-bond acceptors (Lipinski definition) is 8. The van der Waals surface area contributed by atoms with Gasteiger partial charge >= 0.3 is 0 Å². The molecule has 168 valence electrons. The number of imide groups is 1. The van der Waals surface area contributed by atoms with E-state index in [-0.39, 0.29) is 24.9 Å². The first-order valence-corrected chi connectivity index (χ1v) is 10.9. The average Bonchev–Trinajstić information content (AvgIpc) is 3.56. The fourth-order valence-electron chi connectivity index (χ4n) is 6.18. The van der Waals surface area contributed by atoms with E-state index in [9.17, 15) is 9.59 Å². The molecule has 7 rings (SSSR count). The fourth-order valence-corrected chi connectivity index (χ4v) is 6.18. The van der Waals surface area contributed by atoms with E-state index in [0.29, 0.717) is 23.7 Å². The van der Waals surface area contributed by atoms with Crippen LogP contribution in [0.1, 0.15) is 28.2 Å². The zero-order chi connectivity index (χ0) is 22.5. The van der Waals surface area contributed by atoms with E-state index in [2.05, 4.69) is 17.3 Å². The Bertz CT molecular complexity index is 1320. The maximum absolute atomic E-state index is 13.1. The highest BCUT2D eigenvalue weighted by Crippen LogP contribution is 2.61. The molecule has 0 saturated heterocycles. The Hall–Kier alpha value is -3.72. The number of hydrogen-bond donors (Lipinski definition) is 2. The molecule has 2 aromatic carbocycles. The highest BCUT2D eigenvalue weighted by molar-refractivity contribution is 6.20. The molecule has 0 aromatic heterocycles. The third-order valence-corrected chi connectivity index (χ3v) is 7.65. The largest absolute Gasteiger partial charge is 0.454 e. The van der Waals surface area contributed by atoms with Gasteiger partial charge in [0, 0.05) is 18.0 Å². The van der Waals surface area contributed by atoms with E-state index in [1.54, 1.807) is 0 Å². The third kappa shape index (κ3) is 2.24. The van der Waals surface area contributed by atoms with E-state index in [4.69, 9.17) is 24.7 Å². The Morgan fingerprint density at radius 2 is 1.76 bits per heavy atom. The molecule has 2 amide bonds. The van der Waals surface area contributed by atoms with Crippen LogP contribution in [0.3, 0.4) is 0 Å². The lowest BCUT2D eigenvalue weighted by Crippen LogP contribution is -2.52. The van der Waals surface area contributed by atoms with Crippen molar-refractivity contribution in [2.75, 3.05) is 27.2 Å². The molecular formula is C24H21N3O6. The number of rotatable bonds is 1. The van der Waals surface area contributed by atoms with Gasteiger partial charge in [-0.15, -0.1) is 0 Å². The summed E-state index contributed by atoms with van der Waals surface area (Å²) in [4.78, 5) is 27.8. The van der Waals surface area contributed by atoms with Crippen molar-refractivity contribution in [3.05, 3.63) is 57.8 Å². The predicted molar refractivity (Wildman–Crippen MR) is 114 cm³/mol. The number of nitrogens with one attached hydrogen (secondary N) is 1. The SMILES string of the molecule is CN1CCc2cc3c(cc2C12Cc1ccc4c(c1C2C1=C(N)C(=O)NC1=O)OCO4)OCO3. The van der Waals surface area contributed by atoms with Gasteiger partial charge in [-0.3, -0.25) is 19.8 Å². The quantitative estimate of drug-likeness (QED) is 0.624. The van der Waals surface area contributed by atoms with Crippen molar-refractivity contribution in [3.63, 3.8) is 0 Å². The Kier molecular flexibility index (Phi) is 3.53. The number of likely N-dealkylation sites (N-methyl/N-ethyl adjacent to an activating group) is 1. The van der Waals surface area contributed by atoms with Crippen molar-refractivity contribution < 1.29 is 28.5 Å². The molecule has 9 heteroatoms. The molecular weight excluding hydrogens is 426 g/mol. The smallest absolute Gasteiger partial charge is 0.274 e. The number of nitrogens with two attached hydrogens (primary N) is 1. The molecule has 4 heterocycles. The zero-order valence-corrected chi connectivity index (χ0v) is 17.9. The van der Waals surface area contributed by atoms with Crippen molar-refractivity contribution in [2.45, 2.75) is 24.3 Å². The minimum Gasteiger partial charge on any atom is -0.454 e. The summed E-state index contributed by atoms with van der Waals surface area (Å²) in [5.41, 5.74) is 9.88. The highest BCUT2D eigenvalue weighted by atomic mass is 16.7. The van der Waals surface area contributed by atoms with Gasteiger partial charge in [-0.25, -0.2) is 0 Å². The number of nitrogens with zero attached hydrogens (tertiary/aromatic N) is 1. The van der Waals surface area contributed by atoms with Gasteiger partial charge in [0.25, 0.3) is 11.8 Å². The topological polar surface area (TPSA) is 112 Å². The van der Waals surface area contributed by atoms with Crippen LogP contribution in [-0.4, -0.2) is 43.9 Å². The van der Waals surface area contributed by atoms with Crippen LogP contribution in [0.25, 0.3) is 0 Å². The summed E-state index contributed by atoms with van der Waals surface area (Å²) in [6.45, 7) is 1.05. The predicted octanol–water partition coefficient (Wildman–Crippen LogP) is 1.04. The van der Waals surface area contributed by atoms with Gasteiger partial charge < -0.3 is 24.7 Å². The molecule has 9 nitrogen and oxygen atoms in total. The summed E-state index contributed by atoms with van der Waals surface area (Å²) < 4.78 is 22.9. The molecule has 3 N–H and O–H groups in total. The Morgan fingerprint density at radius 1 is 1.00 bits per heavy atom. The van der Waals surface area contributed by atoms with Crippen LogP contribution >= 0.6 is 0 Å². The highest BCUT2D eigenvalue weighted by Gasteiger charge is 2.58. The third-order valence-electron chi connectivity index (χ3n) is 7.65. The van der Waals surface area contributed by atoms with Crippen LogP contribution < -0.4 is 30.0 Å². The maximum atomic E-state index is 13.1. The molecule has 0 bridgehead atoms. The number of fused-ring (bicyclic) bond motifs is 6. The van der Waals surface area contributed by atoms with E-state index < -0.39 is 23.3 Å². The minimum atomic E-state index is -0.667. The minimum absolute atomic E-state index is 0.0463. The number of carbonyl (C=O) groups is 2. The molecule has 4 aliphatic heterocycles. The van der Waals surface area contributed by atoms with Crippen molar-refractivity contribution in [2.24, 2.45) is 5.73 Å². The zero-order valence-electron chi connectivity index (χ0n) is 17.9. The number of benzene rings is 2. The van der Waals surface area contributed by atoms with E-state index in [0.717, 1.165) is 41.0 Å². The molecule has 2 unspecified atom stereocenters. The van der Waals surface area contributed by atoms with E-state index in [1.807, 2.05) is 24.3 Å². The summed E-state index contributed by atoms with van der Waals surface area (Å²) in [6.07, 6.45) is 1.44. The van der Waals surface area contributed by atoms with Crippen LogP contribution in [0.5, 0.6) is 23.0 Å². The standard InChI is InChI=1S/C24H21N3O6/c1-27-5-4-11-6-15-16(32-9-31-15)7-13(11)24(27)8-12-2-3-14-21(33-10-30-14)17(12)19(24)18-20(25)23(29)26-22(18)28/h2-3,6-7,19H,4-5,8-10H2,1H3,(H3,25,26,28,29). The second-order valence-electron chi connectivity index (χ2n) is 9.05. The number of carbonyl (C=O) groups excluding carboxylic acids is 2. The Balaban J connectivity index is 1.55. The van der Waals surface area contributed by atoms with Gasteiger partial charge in [0.1, 0.15) is 5.70 Å². The van der Waals surface area contributed by atoms with Crippen molar-refractivity contribution in [3.8, 4) is 23.0 Å². The molecule has 2 atom stereocenters. The molecule has 1 aliphatic carbocycles. The lowest BCUT2D eigenvalue weighted by Gasteiger charge is -2.48. The van der Waals surface area contributed by atoms with Crippen LogP contribution in [0.15, 0.2) is 35.5 Å². The van der Waals surface area contributed by atoms with Gasteiger partial charge in [0.05, 0.1) is 11.1 Å². The molecule has 2 aromatic rings.